The molecule has 0 radical (unpaired) electrons. The Balaban J connectivity index is 2.20. The summed E-state index contributed by atoms with van der Waals surface area (Å²) in [5.74, 6) is -0.952. The van der Waals surface area contributed by atoms with Crippen LogP contribution in [0.15, 0.2) is 36.7 Å². The fourth-order valence-electron chi connectivity index (χ4n) is 1.76. The van der Waals surface area contributed by atoms with Gasteiger partial charge < -0.3 is 10.0 Å². The standard InChI is InChI=1S/C14H12ClFN2O2/c1-18(8-11-12(15)3-2-4-13(11)16)14(20)9-5-10(19)7-17-6-9/h2-7,19H,8H2,1H3. The summed E-state index contributed by atoms with van der Waals surface area (Å²) in [4.78, 5) is 17.2. The highest BCUT2D eigenvalue weighted by Gasteiger charge is 2.16. The molecule has 20 heavy (non-hydrogen) atoms. The number of benzene rings is 1. The topological polar surface area (TPSA) is 53.4 Å². The predicted octanol–water partition coefficient (Wildman–Crippen LogP) is 2.85. The number of aromatic nitrogens is 1. The van der Waals surface area contributed by atoms with Crippen LogP contribution in [0.4, 0.5) is 4.39 Å². The first-order valence-electron chi connectivity index (χ1n) is 5.81. The van der Waals surface area contributed by atoms with Crippen molar-refractivity contribution >= 4 is 17.5 Å². The van der Waals surface area contributed by atoms with Crippen molar-refractivity contribution in [1.29, 1.82) is 0 Å². The van der Waals surface area contributed by atoms with Crippen molar-refractivity contribution in [3.8, 4) is 5.75 Å². The zero-order valence-corrected chi connectivity index (χ0v) is 11.4. The van der Waals surface area contributed by atoms with Gasteiger partial charge in [0, 0.05) is 30.4 Å². The molecule has 0 unspecified atom stereocenters. The third kappa shape index (κ3) is 3.05. The normalized spacial score (nSPS) is 10.3. The number of amides is 1. The molecule has 1 aromatic heterocycles. The largest absolute Gasteiger partial charge is 0.506 e. The Morgan fingerprint density at radius 1 is 1.45 bits per heavy atom. The Morgan fingerprint density at radius 2 is 2.20 bits per heavy atom. The molecule has 0 saturated carbocycles. The van der Waals surface area contributed by atoms with E-state index in [0.29, 0.717) is 0 Å². The van der Waals surface area contributed by atoms with E-state index in [1.165, 1.54) is 42.5 Å². The summed E-state index contributed by atoms with van der Waals surface area (Å²) < 4.78 is 13.7. The van der Waals surface area contributed by atoms with E-state index in [9.17, 15) is 14.3 Å². The van der Waals surface area contributed by atoms with Gasteiger partial charge in [0.15, 0.2) is 0 Å². The van der Waals surface area contributed by atoms with Gasteiger partial charge in [-0.3, -0.25) is 9.78 Å². The summed E-state index contributed by atoms with van der Waals surface area (Å²) in [6.45, 7) is 0.0278. The Bertz CT molecular complexity index is 629. The summed E-state index contributed by atoms with van der Waals surface area (Å²) >= 11 is 5.92. The number of hydrogen-bond acceptors (Lipinski definition) is 3. The van der Waals surface area contributed by atoms with Crippen LogP contribution in [0.3, 0.4) is 0 Å². The third-order valence-corrected chi connectivity index (χ3v) is 3.13. The quantitative estimate of drug-likeness (QED) is 0.947. The molecule has 1 aromatic carbocycles. The number of carbonyl (C=O) groups excluding carboxylic acids is 1. The zero-order valence-electron chi connectivity index (χ0n) is 10.7. The highest BCUT2D eigenvalue weighted by atomic mass is 35.5. The highest BCUT2D eigenvalue weighted by Crippen LogP contribution is 2.21. The summed E-state index contributed by atoms with van der Waals surface area (Å²) in [6, 6.07) is 5.65. The Kier molecular flexibility index (Phi) is 4.20. The van der Waals surface area contributed by atoms with Crippen LogP contribution in [-0.4, -0.2) is 27.9 Å². The second-order valence-electron chi connectivity index (χ2n) is 4.29. The van der Waals surface area contributed by atoms with Crippen molar-refractivity contribution in [2.24, 2.45) is 0 Å². The zero-order chi connectivity index (χ0) is 14.7. The average molecular weight is 295 g/mol. The van der Waals surface area contributed by atoms with E-state index in [1.807, 2.05) is 0 Å². The molecule has 0 atom stereocenters. The molecule has 0 fully saturated rings. The van der Waals surface area contributed by atoms with Gasteiger partial charge in [-0.05, 0) is 18.2 Å². The molecule has 0 aliphatic rings. The van der Waals surface area contributed by atoms with Gasteiger partial charge in [-0.15, -0.1) is 0 Å². The predicted molar refractivity (Wildman–Crippen MR) is 73.1 cm³/mol. The SMILES string of the molecule is CN(Cc1c(F)cccc1Cl)C(=O)c1cncc(O)c1. The van der Waals surface area contributed by atoms with Crippen LogP contribution in [0.2, 0.25) is 5.02 Å². The molecule has 0 spiro atoms. The van der Waals surface area contributed by atoms with Gasteiger partial charge in [0.05, 0.1) is 11.8 Å². The average Bonchev–Trinajstić information content (AvgIpc) is 2.42. The molecule has 1 heterocycles. The van der Waals surface area contributed by atoms with E-state index in [4.69, 9.17) is 11.6 Å². The van der Waals surface area contributed by atoms with Gasteiger partial charge in [-0.25, -0.2) is 4.39 Å². The van der Waals surface area contributed by atoms with E-state index in [-0.39, 0.29) is 34.4 Å². The van der Waals surface area contributed by atoms with E-state index in [1.54, 1.807) is 6.07 Å². The van der Waals surface area contributed by atoms with E-state index in [2.05, 4.69) is 4.98 Å². The molecular weight excluding hydrogens is 283 g/mol. The molecule has 104 valence electrons. The minimum absolute atomic E-state index is 0.0278. The van der Waals surface area contributed by atoms with Gasteiger partial charge in [-0.1, -0.05) is 17.7 Å². The number of pyridine rings is 1. The smallest absolute Gasteiger partial charge is 0.255 e. The van der Waals surface area contributed by atoms with Crippen LogP contribution in [-0.2, 0) is 6.54 Å². The maximum atomic E-state index is 13.7. The van der Waals surface area contributed by atoms with Crippen LogP contribution < -0.4 is 0 Å². The molecule has 0 bridgehead atoms. The first-order chi connectivity index (χ1) is 9.49. The lowest BCUT2D eigenvalue weighted by Crippen LogP contribution is -2.26. The molecular formula is C14H12ClFN2O2. The first kappa shape index (κ1) is 14.3. The molecule has 0 aliphatic carbocycles. The molecule has 6 heteroatoms. The van der Waals surface area contributed by atoms with Crippen molar-refractivity contribution in [3.63, 3.8) is 0 Å². The van der Waals surface area contributed by atoms with Crippen molar-refractivity contribution in [2.45, 2.75) is 6.54 Å². The number of rotatable bonds is 3. The van der Waals surface area contributed by atoms with Crippen molar-refractivity contribution in [1.82, 2.24) is 9.88 Å². The Labute approximate surface area is 120 Å². The number of nitrogens with zero attached hydrogens (tertiary/aromatic N) is 2. The Hall–Kier alpha value is -2.14. The van der Waals surface area contributed by atoms with E-state index >= 15 is 0 Å². The molecule has 4 nitrogen and oxygen atoms in total. The van der Waals surface area contributed by atoms with Crippen molar-refractivity contribution in [3.05, 3.63) is 58.6 Å². The molecule has 1 amide bonds. The minimum atomic E-state index is -0.466. The van der Waals surface area contributed by atoms with Crippen LogP contribution in [0.1, 0.15) is 15.9 Å². The number of halogens is 2. The highest BCUT2D eigenvalue weighted by molar-refractivity contribution is 6.31. The van der Waals surface area contributed by atoms with Gasteiger partial charge in [0.2, 0.25) is 0 Å². The summed E-state index contributed by atoms with van der Waals surface area (Å²) in [7, 11) is 1.52. The lowest BCUT2D eigenvalue weighted by molar-refractivity contribution is 0.0783. The van der Waals surface area contributed by atoms with E-state index < -0.39 is 5.82 Å². The number of aromatic hydroxyl groups is 1. The summed E-state index contributed by atoms with van der Waals surface area (Å²) in [5.41, 5.74) is 0.470. The maximum Gasteiger partial charge on any atom is 0.255 e. The van der Waals surface area contributed by atoms with Crippen molar-refractivity contribution in [2.75, 3.05) is 7.05 Å². The minimum Gasteiger partial charge on any atom is -0.506 e. The molecule has 0 aliphatic heterocycles. The van der Waals surface area contributed by atoms with Crippen LogP contribution >= 0.6 is 11.6 Å². The first-order valence-corrected chi connectivity index (χ1v) is 6.19. The Morgan fingerprint density at radius 3 is 2.85 bits per heavy atom. The van der Waals surface area contributed by atoms with Gasteiger partial charge >= 0.3 is 0 Å². The van der Waals surface area contributed by atoms with Crippen LogP contribution in [0.25, 0.3) is 0 Å². The second kappa shape index (κ2) is 5.88. The fraction of sp³-hybridized carbons (Fsp3) is 0.143. The van der Waals surface area contributed by atoms with Crippen LogP contribution in [0, 0.1) is 5.82 Å². The number of carbonyl (C=O) groups is 1. The molecule has 1 N–H and O–H groups in total. The van der Waals surface area contributed by atoms with E-state index in [0.717, 1.165) is 0 Å². The van der Waals surface area contributed by atoms with Gasteiger partial charge in [0.25, 0.3) is 5.91 Å². The fourth-order valence-corrected chi connectivity index (χ4v) is 1.98. The van der Waals surface area contributed by atoms with Gasteiger partial charge in [-0.2, -0.15) is 0 Å². The number of hydrogen-bond donors (Lipinski definition) is 1. The molecule has 0 saturated heterocycles. The lowest BCUT2D eigenvalue weighted by Gasteiger charge is -2.18. The van der Waals surface area contributed by atoms with Crippen molar-refractivity contribution < 1.29 is 14.3 Å². The molecule has 2 aromatic rings. The van der Waals surface area contributed by atoms with Gasteiger partial charge in [0.1, 0.15) is 11.6 Å². The maximum absolute atomic E-state index is 13.7. The lowest BCUT2D eigenvalue weighted by atomic mass is 10.2. The molecule has 2 rings (SSSR count). The second-order valence-corrected chi connectivity index (χ2v) is 4.70. The van der Waals surface area contributed by atoms with Crippen LogP contribution in [0.5, 0.6) is 5.75 Å². The summed E-state index contributed by atoms with van der Waals surface area (Å²) in [5, 5.41) is 9.57. The summed E-state index contributed by atoms with van der Waals surface area (Å²) in [6.07, 6.45) is 2.56. The monoisotopic (exact) mass is 294 g/mol. The third-order valence-electron chi connectivity index (χ3n) is 2.77.